The number of aliphatic hydroxyl groups is 1. The average Bonchev–Trinajstić information content (AvgIpc) is 2.61. The molecule has 0 aliphatic rings. The summed E-state index contributed by atoms with van der Waals surface area (Å²) in [7, 11) is 1.96. The van der Waals surface area contributed by atoms with E-state index in [0.29, 0.717) is 6.42 Å². The van der Waals surface area contributed by atoms with E-state index >= 15 is 0 Å². The van der Waals surface area contributed by atoms with Crippen molar-refractivity contribution in [1.82, 2.24) is 5.32 Å². The van der Waals surface area contributed by atoms with Gasteiger partial charge in [0.05, 0.1) is 6.10 Å². The highest BCUT2D eigenvalue weighted by atomic mass is 16.3. The molecule has 0 aromatic heterocycles. The summed E-state index contributed by atoms with van der Waals surface area (Å²) in [5, 5.41) is 16.3. The van der Waals surface area contributed by atoms with Gasteiger partial charge in [-0.1, -0.05) is 72.8 Å². The summed E-state index contributed by atoms with van der Waals surface area (Å²) in [4.78, 5) is 0. The number of fused-ring (bicyclic) bond motifs is 1. The molecule has 0 bridgehead atoms. The lowest BCUT2D eigenvalue weighted by Crippen LogP contribution is -2.19. The van der Waals surface area contributed by atoms with Crippen LogP contribution in [0.25, 0.3) is 10.8 Å². The van der Waals surface area contributed by atoms with Gasteiger partial charge in [0.1, 0.15) is 0 Å². The lowest BCUT2D eigenvalue weighted by molar-refractivity contribution is 0.157. The molecule has 0 saturated heterocycles. The molecule has 23 heavy (non-hydrogen) atoms. The van der Waals surface area contributed by atoms with Gasteiger partial charge in [0.25, 0.3) is 0 Å². The fourth-order valence-corrected chi connectivity index (χ4v) is 3.13. The molecule has 0 fully saturated rings. The second kappa shape index (κ2) is 7.40. The van der Waals surface area contributed by atoms with Gasteiger partial charge < -0.3 is 10.4 Å². The van der Waals surface area contributed by atoms with Crippen LogP contribution >= 0.6 is 0 Å². The van der Waals surface area contributed by atoms with Gasteiger partial charge in [-0.3, -0.25) is 0 Å². The zero-order valence-corrected chi connectivity index (χ0v) is 13.4. The molecule has 3 aromatic carbocycles. The third-order valence-corrected chi connectivity index (χ3v) is 4.39. The smallest absolute Gasteiger partial charge is 0.0796 e. The van der Waals surface area contributed by atoms with Crippen molar-refractivity contribution in [2.75, 3.05) is 13.6 Å². The monoisotopic (exact) mass is 305 g/mol. The van der Waals surface area contributed by atoms with E-state index in [9.17, 15) is 5.11 Å². The van der Waals surface area contributed by atoms with Crippen molar-refractivity contribution in [3.8, 4) is 0 Å². The first-order valence-corrected chi connectivity index (χ1v) is 8.14. The van der Waals surface area contributed by atoms with Crippen LogP contribution < -0.4 is 5.32 Å². The number of hydrogen-bond donors (Lipinski definition) is 2. The van der Waals surface area contributed by atoms with Crippen LogP contribution in [0.15, 0.2) is 72.8 Å². The van der Waals surface area contributed by atoms with E-state index in [-0.39, 0.29) is 5.92 Å². The minimum Gasteiger partial charge on any atom is -0.388 e. The molecule has 2 heteroatoms. The first-order chi connectivity index (χ1) is 11.3. The fourth-order valence-electron chi connectivity index (χ4n) is 3.13. The van der Waals surface area contributed by atoms with Crippen molar-refractivity contribution >= 4 is 10.8 Å². The van der Waals surface area contributed by atoms with Gasteiger partial charge in [0.2, 0.25) is 0 Å². The van der Waals surface area contributed by atoms with E-state index in [1.165, 1.54) is 16.3 Å². The first kappa shape index (κ1) is 15.7. The maximum atomic E-state index is 10.6. The SMILES string of the molecule is CNC[C@H](C[C@H](O)c1ccccc1)c1ccc2ccccc2c1. The Morgan fingerprint density at radius 1 is 0.826 bits per heavy atom. The van der Waals surface area contributed by atoms with Crippen molar-refractivity contribution in [2.45, 2.75) is 18.4 Å². The minimum absolute atomic E-state index is 0.278. The summed E-state index contributed by atoms with van der Waals surface area (Å²) in [5.41, 5.74) is 2.25. The van der Waals surface area contributed by atoms with Crippen LogP contribution in [0.3, 0.4) is 0 Å². The van der Waals surface area contributed by atoms with E-state index in [1.807, 2.05) is 37.4 Å². The molecular formula is C21H23NO. The molecule has 0 heterocycles. The van der Waals surface area contributed by atoms with Crippen LogP contribution in [0, 0.1) is 0 Å². The van der Waals surface area contributed by atoms with Crippen LogP contribution in [-0.4, -0.2) is 18.7 Å². The van der Waals surface area contributed by atoms with Gasteiger partial charge in [-0.15, -0.1) is 0 Å². The van der Waals surface area contributed by atoms with Crippen molar-refractivity contribution in [3.05, 3.63) is 83.9 Å². The molecule has 3 aromatic rings. The molecule has 3 rings (SSSR count). The van der Waals surface area contributed by atoms with Gasteiger partial charge >= 0.3 is 0 Å². The van der Waals surface area contributed by atoms with Crippen molar-refractivity contribution in [3.63, 3.8) is 0 Å². The maximum Gasteiger partial charge on any atom is 0.0796 e. The molecule has 2 atom stereocenters. The quantitative estimate of drug-likeness (QED) is 0.713. The Morgan fingerprint density at radius 3 is 2.26 bits per heavy atom. The molecule has 0 aliphatic carbocycles. The van der Waals surface area contributed by atoms with Crippen LogP contribution in [0.2, 0.25) is 0 Å². The first-order valence-electron chi connectivity index (χ1n) is 8.14. The average molecular weight is 305 g/mol. The fraction of sp³-hybridized carbons (Fsp3) is 0.238. The van der Waals surface area contributed by atoms with E-state index in [1.54, 1.807) is 0 Å². The third kappa shape index (κ3) is 3.79. The normalized spacial score (nSPS) is 13.8. The second-order valence-corrected chi connectivity index (χ2v) is 6.02. The summed E-state index contributed by atoms with van der Waals surface area (Å²) in [5.74, 6) is 0.278. The van der Waals surface area contributed by atoms with Crippen LogP contribution in [0.1, 0.15) is 29.6 Å². The van der Waals surface area contributed by atoms with Crippen LogP contribution in [0.4, 0.5) is 0 Å². The largest absolute Gasteiger partial charge is 0.388 e. The van der Waals surface area contributed by atoms with Gasteiger partial charge in [-0.2, -0.15) is 0 Å². The molecule has 0 amide bonds. The third-order valence-electron chi connectivity index (χ3n) is 4.39. The summed E-state index contributed by atoms with van der Waals surface area (Å²) >= 11 is 0. The number of hydrogen-bond acceptors (Lipinski definition) is 2. The Morgan fingerprint density at radius 2 is 1.52 bits per heavy atom. The molecule has 0 aliphatic heterocycles. The van der Waals surface area contributed by atoms with E-state index in [4.69, 9.17) is 0 Å². The Bertz CT molecular complexity index is 754. The standard InChI is InChI=1S/C21H23NO/c1-22-15-20(14-21(23)17-8-3-2-4-9-17)19-12-11-16-7-5-6-10-18(16)13-19/h2-13,20-23H,14-15H2,1H3/t20-,21-/m0/s1. The molecular weight excluding hydrogens is 282 g/mol. The van der Waals surface area contributed by atoms with E-state index < -0.39 is 6.10 Å². The highest BCUT2D eigenvalue weighted by Gasteiger charge is 2.17. The zero-order valence-electron chi connectivity index (χ0n) is 13.4. The van der Waals surface area contributed by atoms with Gasteiger partial charge in [0.15, 0.2) is 0 Å². The molecule has 118 valence electrons. The summed E-state index contributed by atoms with van der Waals surface area (Å²) in [6, 6.07) is 24.9. The lowest BCUT2D eigenvalue weighted by atomic mass is 9.89. The Kier molecular flexibility index (Phi) is 5.06. The second-order valence-electron chi connectivity index (χ2n) is 6.02. The highest BCUT2D eigenvalue weighted by molar-refractivity contribution is 5.83. The summed E-state index contributed by atoms with van der Waals surface area (Å²) in [6.45, 7) is 0.849. The molecule has 0 radical (unpaired) electrons. The predicted octanol–water partition coefficient (Wildman–Crippen LogP) is 4.27. The summed E-state index contributed by atoms with van der Waals surface area (Å²) < 4.78 is 0. The minimum atomic E-state index is -0.443. The Balaban J connectivity index is 1.85. The maximum absolute atomic E-state index is 10.6. The van der Waals surface area contributed by atoms with E-state index in [2.05, 4.69) is 47.8 Å². The predicted molar refractivity (Wildman–Crippen MR) is 96.6 cm³/mol. The molecule has 2 nitrogen and oxygen atoms in total. The van der Waals surface area contributed by atoms with Crippen molar-refractivity contribution < 1.29 is 5.11 Å². The van der Waals surface area contributed by atoms with Crippen LogP contribution in [-0.2, 0) is 0 Å². The Hall–Kier alpha value is -2.16. The highest BCUT2D eigenvalue weighted by Crippen LogP contribution is 2.29. The van der Waals surface area contributed by atoms with Crippen molar-refractivity contribution in [1.29, 1.82) is 0 Å². The van der Waals surface area contributed by atoms with Gasteiger partial charge in [0, 0.05) is 6.54 Å². The number of rotatable bonds is 6. The van der Waals surface area contributed by atoms with Crippen molar-refractivity contribution in [2.24, 2.45) is 0 Å². The molecule has 0 spiro atoms. The van der Waals surface area contributed by atoms with E-state index in [0.717, 1.165) is 12.1 Å². The number of nitrogens with one attached hydrogen (secondary N) is 1. The lowest BCUT2D eigenvalue weighted by Gasteiger charge is -2.21. The van der Waals surface area contributed by atoms with Gasteiger partial charge in [-0.05, 0) is 41.3 Å². The summed E-state index contributed by atoms with van der Waals surface area (Å²) in [6.07, 6.45) is 0.268. The zero-order chi connectivity index (χ0) is 16.1. The Labute approximate surface area is 137 Å². The number of likely N-dealkylation sites (N-methyl/N-ethyl adjacent to an activating group) is 1. The molecule has 0 unspecified atom stereocenters. The molecule has 2 N–H and O–H groups in total. The number of aliphatic hydroxyl groups excluding tert-OH is 1. The van der Waals surface area contributed by atoms with Crippen LogP contribution in [0.5, 0.6) is 0 Å². The number of benzene rings is 3. The topological polar surface area (TPSA) is 32.3 Å². The van der Waals surface area contributed by atoms with Gasteiger partial charge in [-0.25, -0.2) is 0 Å². The molecule has 0 saturated carbocycles.